The van der Waals surface area contributed by atoms with Gasteiger partial charge in [-0.1, -0.05) is 18.2 Å². The highest BCUT2D eigenvalue weighted by Gasteiger charge is 2.25. The van der Waals surface area contributed by atoms with E-state index in [-0.39, 0.29) is 17.5 Å². The molecular formula is C22H20FN5O3. The maximum atomic E-state index is 14.7. The average molecular weight is 421 g/mol. The predicted octanol–water partition coefficient (Wildman–Crippen LogP) is 5.02. The Labute approximate surface area is 178 Å². The van der Waals surface area contributed by atoms with Gasteiger partial charge in [0.05, 0.1) is 12.1 Å². The fourth-order valence-electron chi connectivity index (χ4n) is 3.12. The molecule has 1 aliphatic rings. The van der Waals surface area contributed by atoms with Crippen LogP contribution in [0.5, 0.6) is 11.5 Å². The largest absolute Gasteiger partial charge is 0.454 e. The Balaban J connectivity index is 1.48. The van der Waals surface area contributed by atoms with Crippen LogP contribution in [0.4, 0.5) is 31.2 Å². The van der Waals surface area contributed by atoms with Gasteiger partial charge in [-0.2, -0.15) is 0 Å². The van der Waals surface area contributed by atoms with Gasteiger partial charge in [-0.05, 0) is 37.3 Å². The summed E-state index contributed by atoms with van der Waals surface area (Å²) in [5.74, 6) is 0.131. The Morgan fingerprint density at radius 2 is 1.90 bits per heavy atom. The monoisotopic (exact) mass is 421 g/mol. The molecule has 2 heterocycles. The fraction of sp³-hybridized carbons (Fsp3) is 0.136. The van der Waals surface area contributed by atoms with Crippen molar-refractivity contribution in [1.29, 1.82) is 0 Å². The SMILES string of the molecule is CCN1Cc2c(Oc3ccc(NC(=O)Nc4ccccc4)cc3F)ccnc2NC1=O. The molecule has 158 valence electrons. The number of ether oxygens (including phenoxy) is 1. The van der Waals surface area contributed by atoms with Crippen molar-refractivity contribution >= 4 is 29.3 Å². The van der Waals surface area contributed by atoms with Crippen molar-refractivity contribution in [1.82, 2.24) is 9.88 Å². The van der Waals surface area contributed by atoms with Crippen LogP contribution in [0.25, 0.3) is 0 Å². The maximum Gasteiger partial charge on any atom is 0.323 e. The van der Waals surface area contributed by atoms with Gasteiger partial charge in [0.2, 0.25) is 0 Å². The van der Waals surface area contributed by atoms with Crippen LogP contribution in [0.15, 0.2) is 60.8 Å². The molecule has 0 aliphatic carbocycles. The molecule has 0 fully saturated rings. The third-order valence-corrected chi connectivity index (χ3v) is 4.70. The lowest BCUT2D eigenvalue weighted by Gasteiger charge is -2.28. The maximum absolute atomic E-state index is 14.7. The number of anilines is 3. The zero-order valence-corrected chi connectivity index (χ0v) is 16.7. The first-order valence-electron chi connectivity index (χ1n) is 9.67. The fourth-order valence-corrected chi connectivity index (χ4v) is 3.12. The molecule has 0 spiro atoms. The van der Waals surface area contributed by atoms with Crippen molar-refractivity contribution in [3.8, 4) is 11.5 Å². The minimum atomic E-state index is -0.643. The number of rotatable bonds is 5. The van der Waals surface area contributed by atoms with Gasteiger partial charge in [0, 0.05) is 30.2 Å². The summed E-state index contributed by atoms with van der Waals surface area (Å²) >= 11 is 0. The first-order valence-corrected chi connectivity index (χ1v) is 9.67. The number of halogens is 1. The molecule has 0 bridgehead atoms. The van der Waals surface area contributed by atoms with Gasteiger partial charge < -0.3 is 20.3 Å². The molecule has 4 rings (SSSR count). The van der Waals surface area contributed by atoms with Crippen LogP contribution in [0, 0.1) is 5.82 Å². The molecule has 2 aromatic carbocycles. The summed E-state index contributed by atoms with van der Waals surface area (Å²) in [6.07, 6.45) is 1.48. The number of aromatic nitrogens is 1. The zero-order chi connectivity index (χ0) is 21.8. The van der Waals surface area contributed by atoms with Gasteiger partial charge in [0.15, 0.2) is 11.6 Å². The number of urea groups is 2. The number of nitrogens with one attached hydrogen (secondary N) is 3. The van der Waals surface area contributed by atoms with E-state index in [1.807, 2.05) is 13.0 Å². The minimum absolute atomic E-state index is 0.0117. The predicted molar refractivity (Wildman–Crippen MR) is 115 cm³/mol. The lowest BCUT2D eigenvalue weighted by Crippen LogP contribution is -2.38. The number of fused-ring (bicyclic) bond motifs is 1. The van der Waals surface area contributed by atoms with Gasteiger partial charge in [0.1, 0.15) is 11.6 Å². The summed E-state index contributed by atoms with van der Waals surface area (Å²) < 4.78 is 20.4. The Hall–Kier alpha value is -4.14. The Bertz CT molecular complexity index is 1120. The standard InChI is InChI=1S/C22H20FN5O3/c1-2-28-13-16-18(10-11-24-20(16)27-22(28)30)31-19-9-8-15(12-17(19)23)26-21(29)25-14-6-4-3-5-7-14/h3-12H,2,13H2,1H3,(H,24,27,30)(H2,25,26,29). The lowest BCUT2D eigenvalue weighted by molar-refractivity contribution is 0.209. The Morgan fingerprint density at radius 1 is 1.13 bits per heavy atom. The van der Waals surface area contributed by atoms with E-state index in [0.717, 1.165) is 0 Å². The number of hydrogen-bond donors (Lipinski definition) is 3. The molecule has 31 heavy (non-hydrogen) atoms. The molecule has 3 N–H and O–H groups in total. The van der Waals surface area contributed by atoms with E-state index >= 15 is 0 Å². The molecule has 4 amide bonds. The van der Waals surface area contributed by atoms with Crippen LogP contribution in [0.2, 0.25) is 0 Å². The van der Waals surface area contributed by atoms with E-state index < -0.39 is 11.8 Å². The summed E-state index contributed by atoms with van der Waals surface area (Å²) in [5, 5.41) is 7.94. The topological polar surface area (TPSA) is 95.6 Å². The molecule has 1 aromatic heterocycles. The molecule has 8 nitrogen and oxygen atoms in total. The van der Waals surface area contributed by atoms with Crippen molar-refractivity contribution in [3.63, 3.8) is 0 Å². The second-order valence-electron chi connectivity index (χ2n) is 6.77. The van der Waals surface area contributed by atoms with E-state index in [9.17, 15) is 14.0 Å². The molecule has 1 aliphatic heterocycles. The van der Waals surface area contributed by atoms with Gasteiger partial charge in [-0.25, -0.2) is 19.0 Å². The Kier molecular flexibility index (Phi) is 5.65. The van der Waals surface area contributed by atoms with Gasteiger partial charge in [0.25, 0.3) is 0 Å². The van der Waals surface area contributed by atoms with E-state index in [1.165, 1.54) is 24.4 Å². The normalized spacial score (nSPS) is 12.6. The highest BCUT2D eigenvalue weighted by molar-refractivity contribution is 5.99. The summed E-state index contributed by atoms with van der Waals surface area (Å²) in [7, 11) is 0. The third-order valence-electron chi connectivity index (χ3n) is 4.70. The molecule has 9 heteroatoms. The smallest absolute Gasteiger partial charge is 0.323 e. The quantitative estimate of drug-likeness (QED) is 0.539. The highest BCUT2D eigenvalue weighted by atomic mass is 19.1. The number of amides is 4. The van der Waals surface area contributed by atoms with Gasteiger partial charge in [-0.15, -0.1) is 0 Å². The number of benzene rings is 2. The minimum Gasteiger partial charge on any atom is -0.454 e. The number of nitrogens with zero attached hydrogens (tertiary/aromatic N) is 2. The number of carbonyl (C=O) groups is 2. The van der Waals surface area contributed by atoms with Crippen molar-refractivity contribution < 1.29 is 18.7 Å². The highest BCUT2D eigenvalue weighted by Crippen LogP contribution is 2.34. The second-order valence-corrected chi connectivity index (χ2v) is 6.77. The van der Waals surface area contributed by atoms with Crippen molar-refractivity contribution in [2.75, 3.05) is 22.5 Å². The molecular weight excluding hydrogens is 401 g/mol. The van der Waals surface area contributed by atoms with Crippen molar-refractivity contribution in [2.45, 2.75) is 13.5 Å². The number of pyridine rings is 1. The molecule has 0 radical (unpaired) electrons. The van der Waals surface area contributed by atoms with Crippen LogP contribution < -0.4 is 20.7 Å². The van der Waals surface area contributed by atoms with Crippen LogP contribution in [-0.2, 0) is 6.54 Å². The van der Waals surface area contributed by atoms with E-state index in [4.69, 9.17) is 4.74 Å². The third kappa shape index (κ3) is 4.55. The second kappa shape index (κ2) is 8.70. The number of para-hydroxylation sites is 1. The molecule has 0 atom stereocenters. The van der Waals surface area contributed by atoms with Crippen LogP contribution in [-0.4, -0.2) is 28.5 Å². The summed E-state index contributed by atoms with van der Waals surface area (Å²) in [6, 6.07) is 13.9. The zero-order valence-electron chi connectivity index (χ0n) is 16.7. The van der Waals surface area contributed by atoms with E-state index in [2.05, 4.69) is 20.9 Å². The molecule has 0 unspecified atom stereocenters. The van der Waals surface area contributed by atoms with Crippen molar-refractivity contribution in [2.24, 2.45) is 0 Å². The number of hydrogen-bond acceptors (Lipinski definition) is 4. The van der Waals surface area contributed by atoms with Crippen LogP contribution in [0.1, 0.15) is 12.5 Å². The molecule has 0 saturated heterocycles. The van der Waals surface area contributed by atoms with E-state index in [0.29, 0.717) is 35.9 Å². The van der Waals surface area contributed by atoms with Crippen LogP contribution in [0.3, 0.4) is 0 Å². The van der Waals surface area contributed by atoms with Crippen LogP contribution >= 0.6 is 0 Å². The number of carbonyl (C=O) groups excluding carboxylic acids is 2. The summed E-state index contributed by atoms with van der Waals surface area (Å²) in [4.78, 5) is 29.8. The van der Waals surface area contributed by atoms with E-state index in [1.54, 1.807) is 35.2 Å². The summed E-state index contributed by atoms with van der Waals surface area (Å²) in [6.45, 7) is 2.68. The molecule has 3 aromatic rings. The first kappa shape index (κ1) is 20.1. The van der Waals surface area contributed by atoms with Gasteiger partial charge >= 0.3 is 12.1 Å². The summed E-state index contributed by atoms with van der Waals surface area (Å²) in [5.41, 5.74) is 1.56. The molecule has 0 saturated carbocycles. The van der Waals surface area contributed by atoms with Crippen molar-refractivity contribution in [3.05, 3.63) is 72.2 Å². The average Bonchev–Trinajstić information content (AvgIpc) is 2.76. The van der Waals surface area contributed by atoms with Gasteiger partial charge in [-0.3, -0.25) is 5.32 Å². The first-order chi connectivity index (χ1) is 15.0. The Morgan fingerprint density at radius 3 is 2.65 bits per heavy atom. The lowest BCUT2D eigenvalue weighted by atomic mass is 10.2.